The summed E-state index contributed by atoms with van der Waals surface area (Å²) in [5, 5.41) is 0. The van der Waals surface area contributed by atoms with Crippen LogP contribution in [0.5, 0.6) is 0 Å². The number of hydrogen-bond donors (Lipinski definition) is 0. The molecule has 1 unspecified atom stereocenters. The lowest BCUT2D eigenvalue weighted by molar-refractivity contribution is 0.112. The molecule has 90 valence electrons. The molecule has 2 heteroatoms. The molecule has 0 saturated heterocycles. The normalized spacial score (nSPS) is 19.5. The molecule has 17 heavy (non-hydrogen) atoms. The minimum atomic E-state index is 0.134. The van der Waals surface area contributed by atoms with Crippen molar-refractivity contribution in [3.63, 3.8) is 0 Å². The van der Waals surface area contributed by atoms with Crippen molar-refractivity contribution >= 4 is 12.0 Å². The summed E-state index contributed by atoms with van der Waals surface area (Å²) in [6.45, 7) is 8.63. The van der Waals surface area contributed by atoms with Gasteiger partial charge in [-0.25, -0.2) is 0 Å². The van der Waals surface area contributed by atoms with Gasteiger partial charge in [0.05, 0.1) is 6.04 Å². The van der Waals surface area contributed by atoms with Crippen molar-refractivity contribution in [3.05, 3.63) is 34.9 Å². The fourth-order valence-corrected chi connectivity index (χ4v) is 2.32. The van der Waals surface area contributed by atoms with Crippen molar-refractivity contribution in [2.45, 2.75) is 40.2 Å². The van der Waals surface area contributed by atoms with Gasteiger partial charge in [0.15, 0.2) is 0 Å². The molecule has 1 aliphatic heterocycles. The van der Waals surface area contributed by atoms with Gasteiger partial charge in [-0.05, 0) is 29.9 Å². The van der Waals surface area contributed by atoms with Crippen molar-refractivity contribution in [1.29, 1.82) is 0 Å². The Balaban J connectivity index is 2.52. The Hall–Kier alpha value is -1.44. The Kier molecular flexibility index (Phi) is 2.90. The van der Waals surface area contributed by atoms with Crippen LogP contribution < -0.4 is 0 Å². The predicted octanol–water partition coefficient (Wildman–Crippen LogP) is 3.28. The second kappa shape index (κ2) is 4.10. The highest BCUT2D eigenvalue weighted by molar-refractivity contribution is 6.02. The van der Waals surface area contributed by atoms with Gasteiger partial charge in [-0.3, -0.25) is 9.79 Å². The number of hydrogen-bond acceptors (Lipinski definition) is 2. The predicted molar refractivity (Wildman–Crippen MR) is 71.0 cm³/mol. The third-order valence-corrected chi connectivity index (χ3v) is 3.48. The number of aliphatic imine (C=N–C) groups is 1. The summed E-state index contributed by atoms with van der Waals surface area (Å²) in [4.78, 5) is 15.9. The Bertz CT molecular complexity index is 480. The number of benzene rings is 1. The second-order valence-corrected chi connectivity index (χ2v) is 5.79. The quantitative estimate of drug-likeness (QED) is 0.679. The zero-order chi connectivity index (χ0) is 12.6. The van der Waals surface area contributed by atoms with Crippen molar-refractivity contribution in [3.8, 4) is 0 Å². The van der Waals surface area contributed by atoms with Gasteiger partial charge >= 0.3 is 0 Å². The van der Waals surface area contributed by atoms with Gasteiger partial charge in [0.25, 0.3) is 0 Å². The maximum Gasteiger partial charge on any atom is 0.150 e. The molecule has 0 saturated carbocycles. The molecule has 1 aliphatic rings. The average Bonchev–Trinajstić information content (AvgIpc) is 2.27. The summed E-state index contributed by atoms with van der Waals surface area (Å²) < 4.78 is 0. The van der Waals surface area contributed by atoms with Crippen molar-refractivity contribution < 1.29 is 4.79 Å². The van der Waals surface area contributed by atoms with Crippen LogP contribution in [-0.2, 0) is 6.42 Å². The SMILES string of the molecule is CC1=NC(C(C)(C)C)Cc2c(C=O)cccc21. The summed E-state index contributed by atoms with van der Waals surface area (Å²) in [6, 6.07) is 6.14. The van der Waals surface area contributed by atoms with E-state index in [9.17, 15) is 4.79 Å². The van der Waals surface area contributed by atoms with Gasteiger partial charge in [-0.1, -0.05) is 39.0 Å². The molecule has 1 aromatic rings. The summed E-state index contributed by atoms with van der Waals surface area (Å²) in [7, 11) is 0. The number of rotatable bonds is 1. The van der Waals surface area contributed by atoms with Crippen LogP contribution in [0.4, 0.5) is 0 Å². The Morgan fingerprint density at radius 2 is 2.06 bits per heavy atom. The summed E-state index contributed by atoms with van der Waals surface area (Å²) >= 11 is 0. The first-order valence-electron chi connectivity index (χ1n) is 6.05. The van der Waals surface area contributed by atoms with Gasteiger partial charge < -0.3 is 0 Å². The number of aldehydes is 1. The second-order valence-electron chi connectivity index (χ2n) is 5.79. The van der Waals surface area contributed by atoms with Crippen LogP contribution in [-0.4, -0.2) is 18.0 Å². The molecule has 1 aromatic carbocycles. The third kappa shape index (κ3) is 2.17. The van der Waals surface area contributed by atoms with E-state index in [0.29, 0.717) is 0 Å². The third-order valence-electron chi connectivity index (χ3n) is 3.48. The number of nitrogens with zero attached hydrogens (tertiary/aromatic N) is 1. The lowest BCUT2D eigenvalue weighted by Gasteiger charge is -2.32. The largest absolute Gasteiger partial charge is 0.298 e. The molecule has 2 nitrogen and oxygen atoms in total. The molecule has 0 aliphatic carbocycles. The molecule has 2 rings (SSSR count). The molecular formula is C15H19NO. The highest BCUT2D eigenvalue weighted by Crippen LogP contribution is 2.31. The molecule has 0 radical (unpaired) electrons. The molecule has 0 fully saturated rings. The van der Waals surface area contributed by atoms with E-state index < -0.39 is 0 Å². The lowest BCUT2D eigenvalue weighted by atomic mass is 9.79. The van der Waals surface area contributed by atoms with E-state index in [4.69, 9.17) is 4.99 Å². The average molecular weight is 229 g/mol. The maximum atomic E-state index is 11.1. The standard InChI is InChI=1S/C15H19NO/c1-10-12-7-5-6-11(9-17)13(12)8-14(16-10)15(2,3)4/h5-7,9,14H,8H2,1-4H3. The van der Waals surface area contributed by atoms with Crippen LogP contribution in [0.2, 0.25) is 0 Å². The number of carbonyl (C=O) groups excluding carboxylic acids is 1. The van der Waals surface area contributed by atoms with Crippen LogP contribution in [0.25, 0.3) is 0 Å². The highest BCUT2D eigenvalue weighted by Gasteiger charge is 2.29. The van der Waals surface area contributed by atoms with Crippen molar-refractivity contribution in [1.82, 2.24) is 0 Å². The molecule has 0 N–H and O–H groups in total. The highest BCUT2D eigenvalue weighted by atomic mass is 16.1. The van der Waals surface area contributed by atoms with Gasteiger partial charge in [-0.15, -0.1) is 0 Å². The molecule has 0 aromatic heterocycles. The molecule has 1 heterocycles. The number of fused-ring (bicyclic) bond motifs is 1. The van der Waals surface area contributed by atoms with Crippen molar-refractivity contribution in [2.24, 2.45) is 10.4 Å². The summed E-state index contributed by atoms with van der Waals surface area (Å²) in [5.74, 6) is 0. The molecule has 1 atom stereocenters. The van der Waals surface area contributed by atoms with Crippen molar-refractivity contribution in [2.75, 3.05) is 0 Å². The Labute approximate surface area is 103 Å². The first kappa shape index (κ1) is 12.0. The molecule has 0 bridgehead atoms. The maximum absolute atomic E-state index is 11.1. The smallest absolute Gasteiger partial charge is 0.150 e. The fourth-order valence-electron chi connectivity index (χ4n) is 2.32. The van der Waals surface area contributed by atoms with E-state index in [0.717, 1.165) is 35.1 Å². The van der Waals surface area contributed by atoms with Crippen LogP contribution >= 0.6 is 0 Å². The topological polar surface area (TPSA) is 29.4 Å². The van der Waals surface area contributed by atoms with Gasteiger partial charge in [0, 0.05) is 11.3 Å². The molecular weight excluding hydrogens is 210 g/mol. The van der Waals surface area contributed by atoms with E-state index in [1.165, 1.54) is 0 Å². The van der Waals surface area contributed by atoms with E-state index in [1.54, 1.807) is 0 Å². The Morgan fingerprint density at radius 1 is 1.35 bits per heavy atom. The van der Waals surface area contributed by atoms with Gasteiger partial charge in [0.1, 0.15) is 6.29 Å². The minimum Gasteiger partial charge on any atom is -0.298 e. The first-order valence-corrected chi connectivity index (χ1v) is 6.05. The van der Waals surface area contributed by atoms with E-state index in [2.05, 4.69) is 26.8 Å². The molecule has 0 amide bonds. The lowest BCUT2D eigenvalue weighted by Crippen LogP contribution is -2.32. The van der Waals surface area contributed by atoms with Crippen LogP contribution in [0.15, 0.2) is 23.2 Å². The van der Waals surface area contributed by atoms with Crippen LogP contribution in [0.3, 0.4) is 0 Å². The van der Waals surface area contributed by atoms with E-state index >= 15 is 0 Å². The van der Waals surface area contributed by atoms with E-state index in [1.807, 2.05) is 19.1 Å². The van der Waals surface area contributed by atoms with E-state index in [-0.39, 0.29) is 11.5 Å². The number of carbonyl (C=O) groups is 1. The summed E-state index contributed by atoms with van der Waals surface area (Å²) in [6.07, 6.45) is 1.82. The zero-order valence-corrected chi connectivity index (χ0v) is 10.9. The fraction of sp³-hybridized carbons (Fsp3) is 0.467. The van der Waals surface area contributed by atoms with Gasteiger partial charge in [-0.2, -0.15) is 0 Å². The van der Waals surface area contributed by atoms with Crippen LogP contribution in [0, 0.1) is 5.41 Å². The first-order chi connectivity index (χ1) is 7.93. The zero-order valence-electron chi connectivity index (χ0n) is 10.9. The van der Waals surface area contributed by atoms with Gasteiger partial charge in [0.2, 0.25) is 0 Å². The Morgan fingerprint density at radius 3 is 2.65 bits per heavy atom. The molecule has 0 spiro atoms. The van der Waals surface area contributed by atoms with Crippen LogP contribution in [0.1, 0.15) is 49.2 Å². The summed E-state index contributed by atoms with van der Waals surface area (Å²) in [5.41, 5.74) is 4.29. The minimum absolute atomic E-state index is 0.134. The monoisotopic (exact) mass is 229 g/mol.